The van der Waals surface area contributed by atoms with Crippen LogP contribution in [0, 0.1) is 0 Å². The Morgan fingerprint density at radius 3 is 2.20 bits per heavy atom. The number of nitrogens with one attached hydrogen (secondary N) is 1. The van der Waals surface area contributed by atoms with Gasteiger partial charge >= 0.3 is 0 Å². The molecule has 0 bridgehead atoms. The molecule has 0 fully saturated rings. The molecule has 0 saturated heterocycles. The molecule has 0 aromatic heterocycles. The molecule has 1 unspecified atom stereocenters. The molecule has 2 aromatic carbocycles. The quantitative estimate of drug-likeness (QED) is 0.887. The zero-order valence-electron chi connectivity index (χ0n) is 11.8. The Balaban J connectivity index is 1.69. The van der Waals surface area contributed by atoms with E-state index >= 15 is 0 Å². The fourth-order valence-corrected chi connectivity index (χ4v) is 3.12. The average Bonchev–Trinajstić information content (AvgIpc) is 2.88. The van der Waals surface area contributed by atoms with E-state index in [1.165, 1.54) is 16.7 Å². The number of hydrogen-bond donors (Lipinski definition) is 2. The molecule has 2 aromatic rings. The van der Waals surface area contributed by atoms with Crippen molar-refractivity contribution in [1.29, 1.82) is 0 Å². The van der Waals surface area contributed by atoms with Gasteiger partial charge in [0.25, 0.3) is 0 Å². The number of fused-ring (bicyclic) bond motifs is 1. The van der Waals surface area contributed by atoms with Crippen LogP contribution in [0.1, 0.15) is 36.1 Å². The van der Waals surface area contributed by atoms with E-state index in [0.29, 0.717) is 17.8 Å². The Hall–Kier alpha value is -1.80. The summed E-state index contributed by atoms with van der Waals surface area (Å²) in [6.07, 6.45) is 3.28. The lowest BCUT2D eigenvalue weighted by atomic mass is 10.0. The first kappa shape index (κ1) is 13.2. The fraction of sp³-hybridized carbons (Fsp3) is 0.333. The summed E-state index contributed by atoms with van der Waals surface area (Å²) in [5, 5.41) is 13.2. The van der Waals surface area contributed by atoms with Gasteiger partial charge in [-0.2, -0.15) is 0 Å². The SMILES string of the molecule is CCC(NC1Cc2ccccc2C1)c1ccc(O)cc1. The van der Waals surface area contributed by atoms with E-state index in [-0.39, 0.29) is 0 Å². The van der Waals surface area contributed by atoms with Gasteiger partial charge in [0.2, 0.25) is 0 Å². The Morgan fingerprint density at radius 2 is 1.65 bits per heavy atom. The largest absolute Gasteiger partial charge is 0.508 e. The van der Waals surface area contributed by atoms with Gasteiger partial charge in [0.15, 0.2) is 0 Å². The minimum absolute atomic E-state index is 0.330. The van der Waals surface area contributed by atoms with Gasteiger partial charge in [-0.25, -0.2) is 0 Å². The van der Waals surface area contributed by atoms with Crippen LogP contribution in [-0.2, 0) is 12.8 Å². The van der Waals surface area contributed by atoms with Crippen LogP contribution >= 0.6 is 0 Å². The molecular weight excluding hydrogens is 246 g/mol. The van der Waals surface area contributed by atoms with Gasteiger partial charge in [0, 0.05) is 12.1 Å². The molecule has 104 valence electrons. The predicted molar refractivity (Wildman–Crippen MR) is 81.9 cm³/mol. The van der Waals surface area contributed by atoms with Crippen LogP contribution in [0.3, 0.4) is 0 Å². The summed E-state index contributed by atoms with van der Waals surface area (Å²) in [5.41, 5.74) is 4.21. The second-order valence-corrected chi connectivity index (χ2v) is 5.59. The minimum atomic E-state index is 0.330. The molecule has 2 nitrogen and oxygen atoms in total. The van der Waals surface area contributed by atoms with E-state index in [0.717, 1.165) is 19.3 Å². The molecule has 2 heteroatoms. The lowest BCUT2D eigenvalue weighted by molar-refractivity contribution is 0.434. The van der Waals surface area contributed by atoms with E-state index in [1.807, 2.05) is 12.1 Å². The summed E-state index contributed by atoms with van der Waals surface area (Å²) in [6, 6.07) is 17.2. The van der Waals surface area contributed by atoms with Gasteiger partial charge in [-0.15, -0.1) is 0 Å². The Labute approximate surface area is 120 Å². The second-order valence-electron chi connectivity index (χ2n) is 5.59. The highest BCUT2D eigenvalue weighted by atomic mass is 16.3. The van der Waals surface area contributed by atoms with Crippen molar-refractivity contribution in [2.45, 2.75) is 38.3 Å². The van der Waals surface area contributed by atoms with Crippen LogP contribution in [-0.4, -0.2) is 11.1 Å². The summed E-state index contributed by atoms with van der Waals surface area (Å²) in [6.45, 7) is 2.20. The molecule has 1 aliphatic rings. The van der Waals surface area contributed by atoms with Gasteiger partial charge in [-0.1, -0.05) is 43.3 Å². The normalized spacial score (nSPS) is 16.1. The highest BCUT2D eigenvalue weighted by molar-refractivity contribution is 5.34. The zero-order chi connectivity index (χ0) is 13.9. The fourth-order valence-electron chi connectivity index (χ4n) is 3.12. The topological polar surface area (TPSA) is 32.3 Å². The molecule has 1 atom stereocenters. The highest BCUT2D eigenvalue weighted by Crippen LogP contribution is 2.26. The Morgan fingerprint density at radius 1 is 1.05 bits per heavy atom. The van der Waals surface area contributed by atoms with E-state index in [2.05, 4.69) is 36.5 Å². The Kier molecular flexibility index (Phi) is 3.75. The first-order chi connectivity index (χ1) is 9.76. The van der Waals surface area contributed by atoms with Crippen LogP contribution in [0.25, 0.3) is 0 Å². The summed E-state index contributed by atoms with van der Waals surface area (Å²) < 4.78 is 0. The van der Waals surface area contributed by atoms with Crippen molar-refractivity contribution in [3.05, 3.63) is 65.2 Å². The van der Waals surface area contributed by atoms with Crippen molar-refractivity contribution in [3.63, 3.8) is 0 Å². The molecule has 0 amide bonds. The maximum atomic E-state index is 9.39. The highest BCUT2D eigenvalue weighted by Gasteiger charge is 2.23. The maximum absolute atomic E-state index is 9.39. The summed E-state index contributed by atoms with van der Waals surface area (Å²) >= 11 is 0. The van der Waals surface area contributed by atoms with Crippen LogP contribution in [0.5, 0.6) is 5.75 Å². The molecule has 0 saturated carbocycles. The first-order valence-electron chi connectivity index (χ1n) is 7.38. The lowest BCUT2D eigenvalue weighted by Gasteiger charge is -2.22. The molecule has 20 heavy (non-hydrogen) atoms. The monoisotopic (exact) mass is 267 g/mol. The molecule has 0 aliphatic heterocycles. The number of phenolic OH excluding ortho intramolecular Hbond substituents is 1. The molecule has 0 spiro atoms. The third kappa shape index (κ3) is 2.70. The smallest absolute Gasteiger partial charge is 0.115 e. The molecule has 3 rings (SSSR count). The van der Waals surface area contributed by atoms with Crippen LogP contribution in [0.4, 0.5) is 0 Å². The molecule has 2 N–H and O–H groups in total. The van der Waals surface area contributed by atoms with Gasteiger partial charge < -0.3 is 10.4 Å². The second kappa shape index (κ2) is 5.68. The molecule has 0 heterocycles. The summed E-state index contributed by atoms with van der Waals surface area (Å²) in [5.74, 6) is 0.330. The van der Waals surface area contributed by atoms with Gasteiger partial charge in [0.05, 0.1) is 0 Å². The van der Waals surface area contributed by atoms with Crippen LogP contribution in [0.15, 0.2) is 48.5 Å². The van der Waals surface area contributed by atoms with Gasteiger partial charge in [0.1, 0.15) is 5.75 Å². The molecule has 1 aliphatic carbocycles. The van der Waals surface area contributed by atoms with E-state index in [4.69, 9.17) is 0 Å². The minimum Gasteiger partial charge on any atom is -0.508 e. The average molecular weight is 267 g/mol. The third-order valence-corrected chi connectivity index (χ3v) is 4.19. The van der Waals surface area contributed by atoms with Gasteiger partial charge in [-0.3, -0.25) is 0 Å². The third-order valence-electron chi connectivity index (χ3n) is 4.19. The van der Waals surface area contributed by atoms with Crippen LogP contribution in [0.2, 0.25) is 0 Å². The van der Waals surface area contributed by atoms with Crippen molar-refractivity contribution in [1.82, 2.24) is 5.32 Å². The lowest BCUT2D eigenvalue weighted by Crippen LogP contribution is -2.33. The summed E-state index contributed by atoms with van der Waals surface area (Å²) in [4.78, 5) is 0. The van der Waals surface area contributed by atoms with Crippen LogP contribution < -0.4 is 5.32 Å². The van der Waals surface area contributed by atoms with E-state index in [9.17, 15) is 5.11 Å². The van der Waals surface area contributed by atoms with Crippen molar-refractivity contribution in [2.24, 2.45) is 0 Å². The van der Waals surface area contributed by atoms with Crippen molar-refractivity contribution < 1.29 is 5.11 Å². The van der Waals surface area contributed by atoms with Gasteiger partial charge in [-0.05, 0) is 48.1 Å². The first-order valence-corrected chi connectivity index (χ1v) is 7.38. The number of rotatable bonds is 4. The van der Waals surface area contributed by atoms with E-state index in [1.54, 1.807) is 12.1 Å². The zero-order valence-corrected chi connectivity index (χ0v) is 11.8. The Bertz CT molecular complexity index is 551. The number of benzene rings is 2. The maximum Gasteiger partial charge on any atom is 0.115 e. The van der Waals surface area contributed by atoms with E-state index < -0.39 is 0 Å². The number of phenols is 1. The standard InChI is InChI=1S/C18H21NO/c1-2-18(13-7-9-17(20)10-8-13)19-16-11-14-5-3-4-6-15(14)12-16/h3-10,16,18-20H,2,11-12H2,1H3. The number of aromatic hydroxyl groups is 1. The molecular formula is C18H21NO. The van der Waals surface area contributed by atoms with Crippen molar-refractivity contribution in [3.8, 4) is 5.75 Å². The molecule has 0 radical (unpaired) electrons. The van der Waals surface area contributed by atoms with Crippen molar-refractivity contribution in [2.75, 3.05) is 0 Å². The number of hydrogen-bond acceptors (Lipinski definition) is 2. The van der Waals surface area contributed by atoms with Crippen molar-refractivity contribution >= 4 is 0 Å². The summed E-state index contributed by atoms with van der Waals surface area (Å²) in [7, 11) is 0. The predicted octanol–water partition coefficient (Wildman–Crippen LogP) is 3.60.